The summed E-state index contributed by atoms with van der Waals surface area (Å²) in [6, 6.07) is 13.1. The lowest BCUT2D eigenvalue weighted by molar-refractivity contribution is -0.146. The highest BCUT2D eigenvalue weighted by molar-refractivity contribution is 9.10. The molecule has 0 spiro atoms. The van der Waals surface area contributed by atoms with Crippen LogP contribution in [0.5, 0.6) is 0 Å². The van der Waals surface area contributed by atoms with Gasteiger partial charge in [-0.25, -0.2) is 8.42 Å². The molecule has 29 heavy (non-hydrogen) atoms. The Balaban J connectivity index is 1.87. The molecule has 2 aromatic carbocycles. The van der Waals surface area contributed by atoms with Gasteiger partial charge in [-0.15, -0.1) is 0 Å². The lowest BCUT2D eigenvalue weighted by Gasteiger charge is -2.18. The Hall–Kier alpha value is -2.23. The number of sulfonamides is 1. The van der Waals surface area contributed by atoms with Gasteiger partial charge in [-0.1, -0.05) is 41.9 Å². The number of rotatable bonds is 9. The summed E-state index contributed by atoms with van der Waals surface area (Å²) in [6.07, 6.45) is 0.0679. The van der Waals surface area contributed by atoms with Crippen LogP contribution in [-0.2, 0) is 30.8 Å². The predicted molar refractivity (Wildman–Crippen MR) is 114 cm³/mol. The van der Waals surface area contributed by atoms with E-state index in [1.807, 2.05) is 12.1 Å². The van der Waals surface area contributed by atoms with Crippen molar-refractivity contribution in [2.24, 2.45) is 0 Å². The molecule has 0 radical (unpaired) electrons. The fraction of sp³-hybridized carbons (Fsp3) is 0.300. The van der Waals surface area contributed by atoms with Gasteiger partial charge in [0.2, 0.25) is 10.0 Å². The first-order chi connectivity index (χ1) is 13.8. The molecule has 0 aromatic heterocycles. The summed E-state index contributed by atoms with van der Waals surface area (Å²) in [4.78, 5) is 24.0. The van der Waals surface area contributed by atoms with E-state index in [2.05, 4.69) is 21.2 Å². The normalized spacial score (nSPS) is 11.3. The molecule has 9 heteroatoms. The number of hydrogen-bond acceptors (Lipinski definition) is 5. The van der Waals surface area contributed by atoms with Gasteiger partial charge in [0.05, 0.1) is 11.3 Å². The number of esters is 1. The molecule has 7 nitrogen and oxygen atoms in total. The van der Waals surface area contributed by atoms with Gasteiger partial charge in [-0.2, -0.15) is 4.31 Å². The Labute approximate surface area is 179 Å². The van der Waals surface area contributed by atoms with Gasteiger partial charge in [-0.05, 0) is 42.0 Å². The molecule has 156 valence electrons. The number of ether oxygens (including phenoxy) is 1. The van der Waals surface area contributed by atoms with Crippen molar-refractivity contribution in [3.8, 4) is 0 Å². The second kappa shape index (κ2) is 10.5. The minimum atomic E-state index is -3.55. The predicted octanol–water partition coefficient (Wildman–Crippen LogP) is 3.20. The average Bonchev–Trinajstić information content (AvgIpc) is 2.69. The number of hydrogen-bond donors (Lipinski definition) is 1. The van der Waals surface area contributed by atoms with Crippen molar-refractivity contribution in [1.82, 2.24) is 4.31 Å². The molecule has 1 N–H and O–H groups in total. The van der Waals surface area contributed by atoms with Crippen LogP contribution in [0.4, 0.5) is 5.69 Å². The smallest absolute Gasteiger partial charge is 0.310 e. The first kappa shape index (κ1) is 23.1. The molecule has 0 saturated heterocycles. The van der Waals surface area contributed by atoms with E-state index < -0.39 is 28.5 Å². The van der Waals surface area contributed by atoms with E-state index in [9.17, 15) is 18.0 Å². The van der Waals surface area contributed by atoms with Crippen molar-refractivity contribution >= 4 is 43.5 Å². The highest BCUT2D eigenvalue weighted by Crippen LogP contribution is 2.18. The molecule has 1 amide bonds. The number of anilines is 1. The summed E-state index contributed by atoms with van der Waals surface area (Å²) >= 11 is 3.32. The van der Waals surface area contributed by atoms with E-state index in [1.165, 1.54) is 28.6 Å². The average molecular weight is 483 g/mol. The van der Waals surface area contributed by atoms with E-state index in [0.29, 0.717) is 18.8 Å². The minimum absolute atomic E-state index is 0.0679. The molecular formula is C20H23BrN2O5S. The topological polar surface area (TPSA) is 92.8 Å². The van der Waals surface area contributed by atoms with Crippen molar-refractivity contribution in [3.63, 3.8) is 0 Å². The molecule has 0 fully saturated rings. The van der Waals surface area contributed by atoms with E-state index in [1.54, 1.807) is 26.0 Å². The quantitative estimate of drug-likeness (QED) is 0.553. The van der Waals surface area contributed by atoms with Crippen LogP contribution in [0.1, 0.15) is 19.4 Å². The van der Waals surface area contributed by atoms with Gasteiger partial charge in [0.1, 0.15) is 0 Å². The maximum atomic E-state index is 12.5. The second-order valence-corrected chi connectivity index (χ2v) is 8.98. The van der Waals surface area contributed by atoms with Crippen LogP contribution in [0.25, 0.3) is 0 Å². The molecule has 2 aromatic rings. The third-order valence-corrected chi connectivity index (χ3v) is 6.70. The molecule has 0 heterocycles. The van der Waals surface area contributed by atoms with E-state index in [-0.39, 0.29) is 11.3 Å². The first-order valence-electron chi connectivity index (χ1n) is 9.06. The SMILES string of the molecule is CCN(CC)S(=O)(=O)c1ccc(NC(=O)COC(=O)Cc2ccc(Br)cc2)cc1. The van der Waals surface area contributed by atoms with Gasteiger partial charge in [0, 0.05) is 23.2 Å². The van der Waals surface area contributed by atoms with Gasteiger partial charge in [0.25, 0.3) is 5.91 Å². The number of nitrogens with one attached hydrogen (secondary N) is 1. The Morgan fingerprint density at radius 1 is 1.00 bits per heavy atom. The monoisotopic (exact) mass is 482 g/mol. The van der Waals surface area contributed by atoms with Crippen molar-refractivity contribution < 1.29 is 22.7 Å². The van der Waals surface area contributed by atoms with E-state index in [4.69, 9.17) is 4.74 Å². The fourth-order valence-corrected chi connectivity index (χ4v) is 4.31. The number of carbonyl (C=O) groups excluding carboxylic acids is 2. The fourth-order valence-electron chi connectivity index (χ4n) is 2.59. The van der Waals surface area contributed by atoms with Crippen molar-refractivity contribution in [2.75, 3.05) is 25.0 Å². The lowest BCUT2D eigenvalue weighted by atomic mass is 10.2. The van der Waals surface area contributed by atoms with Crippen molar-refractivity contribution in [2.45, 2.75) is 25.2 Å². The summed E-state index contributed by atoms with van der Waals surface area (Å²) in [5.41, 5.74) is 1.20. The largest absolute Gasteiger partial charge is 0.455 e. The number of benzene rings is 2. The van der Waals surface area contributed by atoms with Crippen LogP contribution < -0.4 is 5.32 Å². The zero-order valence-corrected chi connectivity index (χ0v) is 18.6. The van der Waals surface area contributed by atoms with Crippen LogP contribution in [0.15, 0.2) is 57.9 Å². The molecule has 2 rings (SSSR count). The number of carbonyl (C=O) groups is 2. The molecule has 0 atom stereocenters. The van der Waals surface area contributed by atoms with E-state index >= 15 is 0 Å². The highest BCUT2D eigenvalue weighted by Gasteiger charge is 2.21. The zero-order valence-electron chi connectivity index (χ0n) is 16.2. The number of halogens is 1. The number of nitrogens with zero attached hydrogens (tertiary/aromatic N) is 1. The molecule has 0 bridgehead atoms. The van der Waals surface area contributed by atoms with Gasteiger partial charge < -0.3 is 10.1 Å². The van der Waals surface area contributed by atoms with Crippen molar-refractivity contribution in [3.05, 3.63) is 58.6 Å². The van der Waals surface area contributed by atoms with Gasteiger partial charge in [-0.3, -0.25) is 9.59 Å². The van der Waals surface area contributed by atoms with Crippen LogP contribution in [0.3, 0.4) is 0 Å². The van der Waals surface area contributed by atoms with Crippen LogP contribution >= 0.6 is 15.9 Å². The molecule has 0 saturated carbocycles. The first-order valence-corrected chi connectivity index (χ1v) is 11.3. The Morgan fingerprint density at radius 2 is 1.59 bits per heavy atom. The maximum absolute atomic E-state index is 12.5. The summed E-state index contributed by atoms with van der Waals surface area (Å²) in [5, 5.41) is 2.57. The highest BCUT2D eigenvalue weighted by atomic mass is 79.9. The second-order valence-electron chi connectivity index (χ2n) is 6.13. The lowest BCUT2D eigenvalue weighted by Crippen LogP contribution is -2.30. The van der Waals surface area contributed by atoms with Gasteiger partial charge >= 0.3 is 5.97 Å². The van der Waals surface area contributed by atoms with E-state index in [0.717, 1.165) is 10.0 Å². The Bertz CT molecular complexity index is 940. The third-order valence-electron chi connectivity index (χ3n) is 4.11. The summed E-state index contributed by atoms with van der Waals surface area (Å²) < 4.78 is 32.1. The molecule has 0 unspecified atom stereocenters. The number of amides is 1. The standard InChI is InChI=1S/C20H23BrN2O5S/c1-3-23(4-2)29(26,27)18-11-9-17(10-12-18)22-19(24)14-28-20(25)13-15-5-7-16(21)8-6-15/h5-12H,3-4,13-14H2,1-2H3,(H,22,24). The van der Waals surface area contributed by atoms with Crippen molar-refractivity contribution in [1.29, 1.82) is 0 Å². The third kappa shape index (κ3) is 6.66. The minimum Gasteiger partial charge on any atom is -0.455 e. The molecular weight excluding hydrogens is 460 g/mol. The Morgan fingerprint density at radius 3 is 2.14 bits per heavy atom. The summed E-state index contributed by atoms with van der Waals surface area (Å²) in [6.45, 7) is 3.88. The molecule has 0 aliphatic rings. The Kier molecular flexibility index (Phi) is 8.36. The summed E-state index contributed by atoms with van der Waals surface area (Å²) in [5.74, 6) is -1.02. The molecule has 0 aliphatic carbocycles. The summed E-state index contributed by atoms with van der Waals surface area (Å²) in [7, 11) is -3.55. The van der Waals surface area contributed by atoms with Crippen LogP contribution in [0.2, 0.25) is 0 Å². The zero-order chi connectivity index (χ0) is 21.4. The molecule has 0 aliphatic heterocycles. The van der Waals surface area contributed by atoms with Crippen LogP contribution in [-0.4, -0.2) is 44.3 Å². The van der Waals surface area contributed by atoms with Gasteiger partial charge in [0.15, 0.2) is 6.61 Å². The maximum Gasteiger partial charge on any atom is 0.310 e. The van der Waals surface area contributed by atoms with Crippen LogP contribution in [0, 0.1) is 0 Å².